The van der Waals surface area contributed by atoms with Crippen LogP contribution in [-0.2, 0) is 0 Å². The summed E-state index contributed by atoms with van der Waals surface area (Å²) < 4.78 is 14.1. The zero-order valence-corrected chi connectivity index (χ0v) is 13.8. The summed E-state index contributed by atoms with van der Waals surface area (Å²) in [7, 11) is 0. The molecule has 1 aromatic heterocycles. The molecule has 0 bridgehead atoms. The maximum Gasteiger partial charge on any atom is 0.217 e. The van der Waals surface area contributed by atoms with E-state index in [0.717, 1.165) is 31.7 Å². The molecule has 3 nitrogen and oxygen atoms in total. The summed E-state index contributed by atoms with van der Waals surface area (Å²) in [5.74, 6) is 0.315. The van der Waals surface area contributed by atoms with Crippen molar-refractivity contribution in [3.8, 4) is 0 Å². The molecule has 0 unspecified atom stereocenters. The van der Waals surface area contributed by atoms with Crippen LogP contribution in [0.1, 0.15) is 37.3 Å². The van der Waals surface area contributed by atoms with Crippen molar-refractivity contribution in [1.29, 1.82) is 0 Å². The van der Waals surface area contributed by atoms with Crippen molar-refractivity contribution in [2.24, 2.45) is 5.92 Å². The van der Waals surface area contributed by atoms with Crippen LogP contribution in [0.4, 0.5) is 4.39 Å². The van der Waals surface area contributed by atoms with Gasteiger partial charge in [0.15, 0.2) is 0 Å². The van der Waals surface area contributed by atoms with Crippen LogP contribution in [0.15, 0.2) is 18.3 Å². The van der Waals surface area contributed by atoms with E-state index < -0.39 is 0 Å². The molecule has 1 aliphatic carbocycles. The van der Waals surface area contributed by atoms with E-state index in [1.807, 2.05) is 12.1 Å². The molecule has 2 fully saturated rings. The van der Waals surface area contributed by atoms with Crippen molar-refractivity contribution in [3.63, 3.8) is 0 Å². The standard InChI is InChI=1S/C15H22FN3.2ClH/c16-15-13(6-3-7-18-15)14(12-4-1-2-5-12)19-10-8-17-9-11-19;;/h3,6-7,12,14,17H,1-2,4-5,8-11H2;2*1H/t14-;;/m0../s1. The second-order valence-electron chi connectivity index (χ2n) is 5.66. The van der Waals surface area contributed by atoms with Gasteiger partial charge in [-0.3, -0.25) is 4.90 Å². The van der Waals surface area contributed by atoms with Gasteiger partial charge in [0, 0.05) is 44.0 Å². The summed E-state index contributed by atoms with van der Waals surface area (Å²) in [6.45, 7) is 4.03. The Morgan fingerprint density at radius 1 is 1.19 bits per heavy atom. The minimum atomic E-state index is -0.280. The highest BCUT2D eigenvalue weighted by atomic mass is 35.5. The van der Waals surface area contributed by atoms with Crippen molar-refractivity contribution in [3.05, 3.63) is 29.8 Å². The first-order valence-electron chi connectivity index (χ1n) is 7.41. The molecule has 1 saturated carbocycles. The normalized spacial score (nSPS) is 21.4. The first-order valence-corrected chi connectivity index (χ1v) is 7.41. The van der Waals surface area contributed by atoms with Crippen LogP contribution in [0.25, 0.3) is 0 Å². The Bertz CT molecular complexity index is 421. The molecular formula is C15H24Cl2FN3. The Morgan fingerprint density at radius 2 is 1.86 bits per heavy atom. The summed E-state index contributed by atoms with van der Waals surface area (Å²) in [5, 5.41) is 3.38. The van der Waals surface area contributed by atoms with Crippen molar-refractivity contribution in [2.45, 2.75) is 31.7 Å². The van der Waals surface area contributed by atoms with E-state index in [2.05, 4.69) is 15.2 Å². The molecule has 1 aromatic rings. The molecule has 2 aliphatic rings. The van der Waals surface area contributed by atoms with Gasteiger partial charge < -0.3 is 5.32 Å². The molecule has 1 aliphatic heterocycles. The predicted molar refractivity (Wildman–Crippen MR) is 87.8 cm³/mol. The molecule has 120 valence electrons. The van der Waals surface area contributed by atoms with E-state index in [-0.39, 0.29) is 36.8 Å². The topological polar surface area (TPSA) is 28.2 Å². The lowest BCUT2D eigenvalue weighted by Gasteiger charge is -2.38. The Morgan fingerprint density at radius 3 is 2.48 bits per heavy atom. The van der Waals surface area contributed by atoms with Gasteiger partial charge in [-0.25, -0.2) is 4.98 Å². The molecule has 21 heavy (non-hydrogen) atoms. The van der Waals surface area contributed by atoms with Crippen LogP contribution in [0.2, 0.25) is 0 Å². The number of hydrogen-bond donors (Lipinski definition) is 1. The fourth-order valence-electron chi connectivity index (χ4n) is 3.60. The first kappa shape index (κ1) is 18.6. The molecule has 1 saturated heterocycles. The van der Waals surface area contributed by atoms with Gasteiger partial charge in [0.05, 0.1) is 0 Å². The monoisotopic (exact) mass is 335 g/mol. The summed E-state index contributed by atoms with van der Waals surface area (Å²) >= 11 is 0. The quantitative estimate of drug-likeness (QED) is 0.859. The van der Waals surface area contributed by atoms with Crippen molar-refractivity contribution < 1.29 is 4.39 Å². The molecule has 0 spiro atoms. The predicted octanol–water partition coefficient (Wildman–Crippen LogP) is 3.20. The lowest BCUT2D eigenvalue weighted by Crippen LogP contribution is -2.47. The summed E-state index contributed by atoms with van der Waals surface area (Å²) in [5.41, 5.74) is 0.802. The van der Waals surface area contributed by atoms with Crippen molar-refractivity contribution in [1.82, 2.24) is 15.2 Å². The van der Waals surface area contributed by atoms with Crippen LogP contribution in [0.5, 0.6) is 0 Å². The third-order valence-electron chi connectivity index (χ3n) is 4.50. The maximum absolute atomic E-state index is 14.1. The highest BCUT2D eigenvalue weighted by Crippen LogP contribution is 2.40. The zero-order valence-electron chi connectivity index (χ0n) is 12.1. The molecule has 3 rings (SSSR count). The van der Waals surface area contributed by atoms with Gasteiger partial charge in [0.2, 0.25) is 5.95 Å². The fraction of sp³-hybridized carbons (Fsp3) is 0.667. The third kappa shape index (κ3) is 4.28. The summed E-state index contributed by atoms with van der Waals surface area (Å²) in [4.78, 5) is 6.31. The minimum absolute atomic E-state index is 0. The fourth-order valence-corrected chi connectivity index (χ4v) is 3.60. The molecule has 0 radical (unpaired) electrons. The van der Waals surface area contributed by atoms with Crippen molar-refractivity contribution in [2.75, 3.05) is 26.2 Å². The second-order valence-corrected chi connectivity index (χ2v) is 5.66. The minimum Gasteiger partial charge on any atom is -0.314 e. The number of hydrogen-bond acceptors (Lipinski definition) is 3. The number of pyridine rings is 1. The molecule has 1 atom stereocenters. The number of rotatable bonds is 3. The average Bonchev–Trinajstić information content (AvgIpc) is 2.96. The van der Waals surface area contributed by atoms with E-state index in [4.69, 9.17) is 0 Å². The van der Waals surface area contributed by atoms with Crippen LogP contribution >= 0.6 is 24.8 Å². The molecule has 0 aromatic carbocycles. The van der Waals surface area contributed by atoms with Crippen LogP contribution in [-0.4, -0.2) is 36.1 Å². The van der Waals surface area contributed by atoms with Crippen LogP contribution in [0, 0.1) is 11.9 Å². The molecule has 0 amide bonds. The Labute approximate surface area is 138 Å². The van der Waals surface area contributed by atoms with Crippen LogP contribution in [0.3, 0.4) is 0 Å². The maximum atomic E-state index is 14.1. The zero-order chi connectivity index (χ0) is 13.1. The van der Waals surface area contributed by atoms with Crippen molar-refractivity contribution >= 4 is 24.8 Å². The van der Waals surface area contributed by atoms with E-state index in [1.165, 1.54) is 25.7 Å². The molecular weight excluding hydrogens is 312 g/mol. The number of piperazine rings is 1. The second kappa shape index (κ2) is 8.89. The van der Waals surface area contributed by atoms with Gasteiger partial charge in [-0.1, -0.05) is 18.9 Å². The van der Waals surface area contributed by atoms with Gasteiger partial charge in [0.1, 0.15) is 0 Å². The smallest absolute Gasteiger partial charge is 0.217 e. The van der Waals surface area contributed by atoms with E-state index in [0.29, 0.717) is 5.92 Å². The van der Waals surface area contributed by atoms with E-state index >= 15 is 0 Å². The highest BCUT2D eigenvalue weighted by Gasteiger charge is 2.33. The van der Waals surface area contributed by atoms with Gasteiger partial charge in [-0.2, -0.15) is 4.39 Å². The van der Waals surface area contributed by atoms with E-state index in [9.17, 15) is 4.39 Å². The third-order valence-corrected chi connectivity index (χ3v) is 4.50. The Hall–Kier alpha value is -0.420. The van der Waals surface area contributed by atoms with Gasteiger partial charge in [-0.05, 0) is 24.8 Å². The summed E-state index contributed by atoms with van der Waals surface area (Å²) in [6, 6.07) is 4.01. The van der Waals surface area contributed by atoms with Crippen LogP contribution < -0.4 is 5.32 Å². The van der Waals surface area contributed by atoms with Gasteiger partial charge >= 0.3 is 0 Å². The number of halogens is 3. The number of aromatic nitrogens is 1. The summed E-state index contributed by atoms with van der Waals surface area (Å²) in [6.07, 6.45) is 6.57. The lowest BCUT2D eigenvalue weighted by molar-refractivity contribution is 0.122. The van der Waals surface area contributed by atoms with E-state index in [1.54, 1.807) is 6.20 Å². The molecule has 6 heteroatoms. The first-order chi connectivity index (χ1) is 9.36. The number of nitrogens with zero attached hydrogens (tertiary/aromatic N) is 2. The molecule has 2 heterocycles. The van der Waals surface area contributed by atoms with Gasteiger partial charge in [0.25, 0.3) is 0 Å². The Balaban J connectivity index is 0.00000110. The number of nitrogens with one attached hydrogen (secondary N) is 1. The van der Waals surface area contributed by atoms with Gasteiger partial charge in [-0.15, -0.1) is 24.8 Å². The SMILES string of the molecule is Cl.Cl.Fc1ncccc1[C@H](C1CCCC1)N1CCNCC1. The highest BCUT2D eigenvalue weighted by molar-refractivity contribution is 5.85. The average molecular weight is 336 g/mol. The molecule has 1 N–H and O–H groups in total. The lowest BCUT2D eigenvalue weighted by atomic mass is 9.90. The largest absolute Gasteiger partial charge is 0.314 e. The Kier molecular flexibility index (Phi) is 7.88.